The lowest BCUT2D eigenvalue weighted by atomic mass is 9.86. The van der Waals surface area contributed by atoms with Crippen LogP contribution in [0.5, 0.6) is 0 Å². The molecule has 0 aromatic heterocycles. The number of hydrogen-bond acceptors (Lipinski definition) is 6. The Morgan fingerprint density at radius 1 is 0.917 bits per heavy atom. The Balaban J connectivity index is 1.35. The molecule has 4 fully saturated rings. The van der Waals surface area contributed by atoms with Crippen molar-refractivity contribution in [3.63, 3.8) is 0 Å². The summed E-state index contributed by atoms with van der Waals surface area (Å²) in [6.07, 6.45) is 13.0. The van der Waals surface area contributed by atoms with Crippen molar-refractivity contribution >= 4 is 8.32 Å². The molecule has 5 heterocycles. The molecule has 5 aliphatic rings. The second kappa shape index (κ2) is 10.6. The summed E-state index contributed by atoms with van der Waals surface area (Å²) in [6.45, 7) is 15.6. The van der Waals surface area contributed by atoms with Gasteiger partial charge in [0.2, 0.25) is 0 Å². The summed E-state index contributed by atoms with van der Waals surface area (Å²) < 4.78 is 39.6. The molecule has 0 unspecified atom stereocenters. The monoisotopic (exact) mass is 522 g/mol. The lowest BCUT2D eigenvalue weighted by Crippen LogP contribution is -2.50. The molecule has 5 rings (SSSR count). The van der Waals surface area contributed by atoms with E-state index in [0.29, 0.717) is 0 Å². The van der Waals surface area contributed by atoms with Crippen molar-refractivity contribution in [1.82, 2.24) is 0 Å². The van der Waals surface area contributed by atoms with Crippen molar-refractivity contribution in [1.29, 1.82) is 0 Å². The molecule has 0 aromatic rings. The third kappa shape index (κ3) is 5.76. The second-order valence-corrected chi connectivity index (χ2v) is 18.3. The maximum Gasteiger partial charge on any atom is 0.192 e. The molecule has 206 valence electrons. The Labute approximate surface area is 219 Å². The lowest BCUT2D eigenvalue weighted by molar-refractivity contribution is -0.166. The first-order chi connectivity index (χ1) is 17.0. The van der Waals surface area contributed by atoms with Crippen LogP contribution in [0.25, 0.3) is 0 Å². The van der Waals surface area contributed by atoms with E-state index in [2.05, 4.69) is 46.9 Å². The van der Waals surface area contributed by atoms with E-state index in [9.17, 15) is 0 Å². The van der Waals surface area contributed by atoms with E-state index in [1.54, 1.807) is 0 Å². The molecule has 4 saturated heterocycles. The average Bonchev–Trinajstić information content (AvgIpc) is 3.08. The zero-order chi connectivity index (χ0) is 25.6. The topological polar surface area (TPSA) is 55.4 Å². The summed E-state index contributed by atoms with van der Waals surface area (Å²) in [6, 6.07) is 0. The highest BCUT2D eigenvalue weighted by molar-refractivity contribution is 6.74. The number of ether oxygens (including phenoxy) is 5. The first-order valence-corrected chi connectivity index (χ1v) is 17.5. The third-order valence-electron chi connectivity index (χ3n) is 9.79. The zero-order valence-corrected chi connectivity index (χ0v) is 24.6. The minimum absolute atomic E-state index is 0.0288. The zero-order valence-electron chi connectivity index (χ0n) is 23.6. The minimum atomic E-state index is -1.97. The largest absolute Gasteiger partial charge is 0.492 e. The Morgan fingerprint density at radius 3 is 2.42 bits per heavy atom. The van der Waals surface area contributed by atoms with Gasteiger partial charge in [0.1, 0.15) is 11.7 Å². The number of rotatable bonds is 4. The Hall–Kier alpha value is -0.443. The maximum atomic E-state index is 7.07. The van der Waals surface area contributed by atoms with Gasteiger partial charge in [0.25, 0.3) is 0 Å². The SMILES string of the molecule is CC(C)(C)[Si](C)(C)O[C@H]1CC[C@H]2O[C@H]3CCCO[C@@H]3CC[C@@H]2O[C@@H]1CC1=CC[C@]2(C)OCCC[C@H]2O1. The van der Waals surface area contributed by atoms with Crippen molar-refractivity contribution in [2.75, 3.05) is 13.2 Å². The van der Waals surface area contributed by atoms with Crippen LogP contribution in [0, 0.1) is 0 Å². The van der Waals surface area contributed by atoms with Gasteiger partial charge in [0.15, 0.2) is 8.32 Å². The molecule has 6 nitrogen and oxygen atoms in total. The fourth-order valence-electron chi connectivity index (χ4n) is 6.39. The average molecular weight is 523 g/mol. The molecule has 0 spiro atoms. The van der Waals surface area contributed by atoms with Gasteiger partial charge in [-0.25, -0.2) is 0 Å². The molecule has 0 N–H and O–H groups in total. The molecule has 0 bridgehead atoms. The summed E-state index contributed by atoms with van der Waals surface area (Å²) in [5.74, 6) is 1.06. The molecule has 5 aliphatic heterocycles. The van der Waals surface area contributed by atoms with E-state index in [1.165, 1.54) is 0 Å². The van der Waals surface area contributed by atoms with Crippen LogP contribution in [0.4, 0.5) is 0 Å². The van der Waals surface area contributed by atoms with E-state index in [1.807, 2.05) is 0 Å². The van der Waals surface area contributed by atoms with Gasteiger partial charge in [0.05, 0.1) is 42.4 Å². The summed E-state index contributed by atoms with van der Waals surface area (Å²) in [5.41, 5.74) is -0.195. The Kier molecular flexibility index (Phi) is 8.00. The summed E-state index contributed by atoms with van der Waals surface area (Å²) in [7, 11) is -1.97. The highest BCUT2D eigenvalue weighted by Gasteiger charge is 2.47. The summed E-state index contributed by atoms with van der Waals surface area (Å²) in [5, 5.41) is 0.152. The third-order valence-corrected chi connectivity index (χ3v) is 14.3. The van der Waals surface area contributed by atoms with Gasteiger partial charge in [-0.15, -0.1) is 0 Å². The van der Waals surface area contributed by atoms with Gasteiger partial charge in [-0.2, -0.15) is 0 Å². The lowest BCUT2D eigenvalue weighted by Gasteiger charge is -2.45. The summed E-state index contributed by atoms with van der Waals surface area (Å²) in [4.78, 5) is 0. The standard InChI is InChI=1S/C29H50O6Si/c1-28(2,3)36(5,6)35-25-14-13-23-24(12-11-21-22(33-23)9-7-17-30-21)34-26(25)19-20-15-16-29(4)27(32-20)10-8-18-31-29/h15,21-27H,7-14,16-19H2,1-6H3/t21-,22+,23-,24+,25+,26-,27-,29+/m1/s1. The number of hydrogen-bond donors (Lipinski definition) is 0. The molecular formula is C29H50O6Si. The predicted molar refractivity (Wildman–Crippen MR) is 143 cm³/mol. The van der Waals surface area contributed by atoms with Crippen molar-refractivity contribution in [2.24, 2.45) is 0 Å². The molecule has 0 aliphatic carbocycles. The van der Waals surface area contributed by atoms with Gasteiger partial charge in [-0.3, -0.25) is 0 Å². The molecule has 0 aromatic carbocycles. The fraction of sp³-hybridized carbons (Fsp3) is 0.931. The van der Waals surface area contributed by atoms with Crippen molar-refractivity contribution < 1.29 is 28.1 Å². The minimum Gasteiger partial charge on any atom is -0.492 e. The van der Waals surface area contributed by atoms with Crippen LogP contribution in [-0.4, -0.2) is 69.9 Å². The van der Waals surface area contributed by atoms with Gasteiger partial charge in [-0.05, 0) is 82.5 Å². The molecule has 8 atom stereocenters. The van der Waals surface area contributed by atoms with Crippen LogP contribution in [0.1, 0.15) is 91.9 Å². The fourth-order valence-corrected chi connectivity index (χ4v) is 7.77. The van der Waals surface area contributed by atoms with Crippen LogP contribution >= 0.6 is 0 Å². The maximum absolute atomic E-state index is 7.07. The van der Waals surface area contributed by atoms with Gasteiger partial charge in [0, 0.05) is 26.1 Å². The van der Waals surface area contributed by atoms with Crippen molar-refractivity contribution in [2.45, 2.75) is 158 Å². The second-order valence-electron chi connectivity index (χ2n) is 13.5. The first-order valence-electron chi connectivity index (χ1n) is 14.6. The van der Waals surface area contributed by atoms with Crippen LogP contribution < -0.4 is 0 Å². The smallest absolute Gasteiger partial charge is 0.192 e. The normalized spacial score (nSPS) is 42.1. The highest BCUT2D eigenvalue weighted by Crippen LogP contribution is 2.43. The van der Waals surface area contributed by atoms with Crippen LogP contribution in [0.15, 0.2) is 11.8 Å². The molecule has 0 amide bonds. The Morgan fingerprint density at radius 2 is 1.61 bits per heavy atom. The van der Waals surface area contributed by atoms with Crippen molar-refractivity contribution in [3.05, 3.63) is 11.8 Å². The molecule has 36 heavy (non-hydrogen) atoms. The number of fused-ring (bicyclic) bond motifs is 3. The highest BCUT2D eigenvalue weighted by atomic mass is 28.4. The van der Waals surface area contributed by atoms with Gasteiger partial charge < -0.3 is 28.1 Å². The van der Waals surface area contributed by atoms with E-state index >= 15 is 0 Å². The molecule has 0 saturated carbocycles. The van der Waals surface area contributed by atoms with E-state index in [-0.39, 0.29) is 53.4 Å². The molecule has 7 heteroatoms. The predicted octanol–water partition coefficient (Wildman–Crippen LogP) is 6.28. The molecular weight excluding hydrogens is 472 g/mol. The van der Waals surface area contributed by atoms with Crippen LogP contribution in [0.3, 0.4) is 0 Å². The van der Waals surface area contributed by atoms with Crippen LogP contribution in [-0.2, 0) is 28.1 Å². The van der Waals surface area contributed by atoms with Crippen molar-refractivity contribution in [3.8, 4) is 0 Å². The summed E-state index contributed by atoms with van der Waals surface area (Å²) >= 11 is 0. The van der Waals surface area contributed by atoms with E-state index < -0.39 is 8.32 Å². The first kappa shape index (κ1) is 27.1. The van der Waals surface area contributed by atoms with Gasteiger partial charge in [-0.1, -0.05) is 20.8 Å². The van der Waals surface area contributed by atoms with Gasteiger partial charge >= 0.3 is 0 Å². The van der Waals surface area contributed by atoms with Crippen LogP contribution in [0.2, 0.25) is 18.1 Å². The van der Waals surface area contributed by atoms with E-state index in [0.717, 1.165) is 83.2 Å². The van der Waals surface area contributed by atoms with E-state index in [4.69, 9.17) is 28.1 Å². The Bertz CT molecular complexity index is 793. The quantitative estimate of drug-likeness (QED) is 0.405. The molecule has 0 radical (unpaired) electrons.